The van der Waals surface area contributed by atoms with Crippen LogP contribution in [0.5, 0.6) is 5.75 Å². The van der Waals surface area contributed by atoms with E-state index in [9.17, 15) is 17.6 Å². The van der Waals surface area contributed by atoms with E-state index in [1.165, 1.54) is 38.3 Å². The summed E-state index contributed by atoms with van der Waals surface area (Å²) >= 11 is 0. The SMILES string of the molecule is COc1cc2c(cc1F)C(=Cc1ccc(S(C)(=O)=O)cc1)C(C)=C2OC(C)=O. The number of methoxy groups -OCH3 is 1. The van der Waals surface area contributed by atoms with Crippen molar-refractivity contribution in [3.63, 3.8) is 0 Å². The molecule has 0 bridgehead atoms. The largest absolute Gasteiger partial charge is 0.494 e. The predicted molar refractivity (Wildman–Crippen MR) is 105 cm³/mol. The number of ether oxygens (including phenoxy) is 2. The average Bonchev–Trinajstić information content (AvgIpc) is 2.85. The number of benzene rings is 2. The van der Waals surface area contributed by atoms with Crippen LogP contribution in [-0.4, -0.2) is 27.8 Å². The van der Waals surface area contributed by atoms with Gasteiger partial charge < -0.3 is 9.47 Å². The van der Waals surface area contributed by atoms with Gasteiger partial charge in [0.1, 0.15) is 5.76 Å². The molecule has 0 N–H and O–H groups in total. The normalized spacial score (nSPS) is 15.0. The Kier molecular flexibility index (Phi) is 5.12. The maximum absolute atomic E-state index is 14.3. The molecule has 0 saturated heterocycles. The third-order valence-corrected chi connectivity index (χ3v) is 5.56. The van der Waals surface area contributed by atoms with Gasteiger partial charge in [-0.2, -0.15) is 0 Å². The van der Waals surface area contributed by atoms with E-state index >= 15 is 0 Å². The lowest BCUT2D eigenvalue weighted by Crippen LogP contribution is -1.99. The average molecular weight is 402 g/mol. The molecule has 7 heteroatoms. The minimum absolute atomic E-state index is 0.0509. The summed E-state index contributed by atoms with van der Waals surface area (Å²) in [7, 11) is -1.93. The van der Waals surface area contributed by atoms with Gasteiger partial charge in [0.05, 0.1) is 12.0 Å². The number of carbonyl (C=O) groups is 1. The molecule has 0 amide bonds. The number of fused-ring (bicyclic) bond motifs is 1. The maximum atomic E-state index is 14.3. The lowest BCUT2D eigenvalue weighted by Gasteiger charge is -2.09. The van der Waals surface area contributed by atoms with Crippen molar-refractivity contribution >= 4 is 33.2 Å². The Balaban J connectivity index is 2.15. The van der Waals surface area contributed by atoms with Crippen LogP contribution in [0.25, 0.3) is 17.4 Å². The molecule has 0 atom stereocenters. The summed E-state index contributed by atoms with van der Waals surface area (Å²) in [6, 6.07) is 9.20. The molecule has 0 heterocycles. The van der Waals surface area contributed by atoms with E-state index in [2.05, 4.69) is 0 Å². The summed E-state index contributed by atoms with van der Waals surface area (Å²) in [4.78, 5) is 11.7. The first-order chi connectivity index (χ1) is 13.1. The zero-order valence-corrected chi connectivity index (χ0v) is 16.7. The van der Waals surface area contributed by atoms with Crippen LogP contribution in [0.4, 0.5) is 4.39 Å². The molecule has 2 aromatic rings. The molecule has 28 heavy (non-hydrogen) atoms. The third-order valence-electron chi connectivity index (χ3n) is 4.44. The van der Waals surface area contributed by atoms with Crippen LogP contribution >= 0.6 is 0 Å². The van der Waals surface area contributed by atoms with Gasteiger partial charge in [0.25, 0.3) is 0 Å². The molecule has 0 unspecified atom stereocenters. The summed E-state index contributed by atoms with van der Waals surface area (Å²) in [6.45, 7) is 3.08. The van der Waals surface area contributed by atoms with Crippen LogP contribution in [0.1, 0.15) is 30.5 Å². The lowest BCUT2D eigenvalue weighted by atomic mass is 10.0. The van der Waals surface area contributed by atoms with Gasteiger partial charge in [0, 0.05) is 24.3 Å². The molecule has 2 aromatic carbocycles. The highest BCUT2D eigenvalue weighted by Crippen LogP contribution is 2.44. The second-order valence-corrected chi connectivity index (χ2v) is 8.50. The first-order valence-electron chi connectivity index (χ1n) is 8.41. The monoisotopic (exact) mass is 402 g/mol. The third kappa shape index (κ3) is 3.71. The maximum Gasteiger partial charge on any atom is 0.308 e. The molecule has 0 fully saturated rings. The number of esters is 1. The lowest BCUT2D eigenvalue weighted by molar-refractivity contribution is -0.134. The van der Waals surface area contributed by atoms with E-state index < -0.39 is 21.6 Å². The number of hydrogen-bond donors (Lipinski definition) is 0. The van der Waals surface area contributed by atoms with Gasteiger partial charge in [-0.05, 0) is 54.0 Å². The van der Waals surface area contributed by atoms with E-state index in [-0.39, 0.29) is 10.6 Å². The number of allylic oxidation sites excluding steroid dienone is 2. The molecule has 0 aliphatic heterocycles. The number of rotatable bonds is 4. The van der Waals surface area contributed by atoms with Crippen LogP contribution in [0, 0.1) is 5.82 Å². The molecular formula is C21H19FO5S. The van der Waals surface area contributed by atoms with Gasteiger partial charge in [-0.1, -0.05) is 12.1 Å². The summed E-state index contributed by atoms with van der Waals surface area (Å²) in [5.74, 6) is -0.617. The summed E-state index contributed by atoms with van der Waals surface area (Å²) in [5, 5.41) is 0. The Morgan fingerprint density at radius 2 is 1.75 bits per heavy atom. The molecule has 5 nitrogen and oxygen atoms in total. The quantitative estimate of drug-likeness (QED) is 0.721. The Hall–Kier alpha value is -2.93. The first kappa shape index (κ1) is 19.8. The van der Waals surface area contributed by atoms with Crippen molar-refractivity contribution in [3.8, 4) is 5.75 Å². The number of hydrogen-bond acceptors (Lipinski definition) is 5. The van der Waals surface area contributed by atoms with Crippen molar-refractivity contribution in [2.45, 2.75) is 18.7 Å². The van der Waals surface area contributed by atoms with Crippen LogP contribution in [0.15, 0.2) is 46.9 Å². The van der Waals surface area contributed by atoms with Gasteiger partial charge in [0.15, 0.2) is 21.4 Å². The van der Waals surface area contributed by atoms with Gasteiger partial charge >= 0.3 is 5.97 Å². The van der Waals surface area contributed by atoms with Crippen molar-refractivity contribution in [2.75, 3.05) is 13.4 Å². The zero-order chi connectivity index (χ0) is 20.6. The fraction of sp³-hybridized carbons (Fsp3) is 0.190. The van der Waals surface area contributed by atoms with E-state index in [0.717, 1.165) is 11.8 Å². The molecule has 3 rings (SSSR count). The van der Waals surface area contributed by atoms with Gasteiger partial charge in [-0.15, -0.1) is 0 Å². The summed E-state index contributed by atoms with van der Waals surface area (Å²) in [6.07, 6.45) is 2.94. The first-order valence-corrected chi connectivity index (χ1v) is 10.3. The Morgan fingerprint density at radius 1 is 1.11 bits per heavy atom. The number of halogens is 1. The van der Waals surface area contributed by atoms with Crippen molar-refractivity contribution in [3.05, 3.63) is 64.5 Å². The molecule has 0 saturated carbocycles. The second-order valence-electron chi connectivity index (χ2n) is 6.48. The van der Waals surface area contributed by atoms with E-state index in [4.69, 9.17) is 9.47 Å². The second kappa shape index (κ2) is 7.24. The van der Waals surface area contributed by atoms with E-state index in [1.54, 1.807) is 25.1 Å². The van der Waals surface area contributed by atoms with Gasteiger partial charge in [0.2, 0.25) is 0 Å². The van der Waals surface area contributed by atoms with Crippen molar-refractivity contribution in [1.82, 2.24) is 0 Å². The minimum Gasteiger partial charge on any atom is -0.494 e. The predicted octanol–water partition coefficient (Wildman–Crippen LogP) is 4.09. The molecule has 146 valence electrons. The van der Waals surface area contributed by atoms with Crippen LogP contribution in [0.3, 0.4) is 0 Å². The molecule has 1 aliphatic carbocycles. The molecule has 0 radical (unpaired) electrons. The summed E-state index contributed by atoms with van der Waals surface area (Å²) in [5.41, 5.74) is 3.21. The summed E-state index contributed by atoms with van der Waals surface area (Å²) < 4.78 is 48.0. The van der Waals surface area contributed by atoms with E-state index in [1.807, 2.05) is 0 Å². The fourth-order valence-corrected chi connectivity index (χ4v) is 3.72. The van der Waals surface area contributed by atoms with Crippen molar-refractivity contribution in [2.24, 2.45) is 0 Å². The zero-order valence-electron chi connectivity index (χ0n) is 15.9. The molecule has 0 spiro atoms. The molecule has 0 aromatic heterocycles. The Morgan fingerprint density at radius 3 is 2.29 bits per heavy atom. The van der Waals surface area contributed by atoms with Crippen molar-refractivity contribution in [1.29, 1.82) is 0 Å². The van der Waals surface area contributed by atoms with Gasteiger partial charge in [-0.25, -0.2) is 12.8 Å². The highest BCUT2D eigenvalue weighted by Gasteiger charge is 2.28. The number of carbonyl (C=O) groups excluding carboxylic acids is 1. The van der Waals surface area contributed by atoms with Crippen molar-refractivity contribution < 1.29 is 27.1 Å². The van der Waals surface area contributed by atoms with Crippen LogP contribution in [-0.2, 0) is 19.4 Å². The topological polar surface area (TPSA) is 69.7 Å². The smallest absolute Gasteiger partial charge is 0.308 e. The molecular weight excluding hydrogens is 383 g/mol. The van der Waals surface area contributed by atoms with E-state index in [0.29, 0.717) is 28.0 Å². The highest BCUT2D eigenvalue weighted by atomic mass is 32.2. The fourth-order valence-electron chi connectivity index (χ4n) is 3.09. The van der Waals surface area contributed by atoms with Crippen LogP contribution < -0.4 is 4.74 Å². The Labute approximate surface area is 163 Å². The van der Waals surface area contributed by atoms with Crippen LogP contribution in [0.2, 0.25) is 0 Å². The Bertz CT molecular complexity index is 1130. The van der Waals surface area contributed by atoms with Gasteiger partial charge in [-0.3, -0.25) is 4.79 Å². The molecule has 1 aliphatic rings. The standard InChI is InChI=1S/C21H19FO5S/c1-12-16(9-14-5-7-15(8-6-14)28(4,24)25)17-10-19(22)20(26-3)11-18(17)21(12)27-13(2)23/h5-11H,1-4H3. The highest BCUT2D eigenvalue weighted by molar-refractivity contribution is 7.90. The minimum atomic E-state index is -3.29. The number of sulfone groups is 1.